The predicted molar refractivity (Wildman–Crippen MR) is 108 cm³/mol. The Kier molecular flexibility index (Phi) is 5.71. The fraction of sp³-hybridized carbons (Fsp3) is 0.130. The number of esters is 1. The van der Waals surface area contributed by atoms with Crippen molar-refractivity contribution in [3.8, 4) is 11.5 Å². The number of carbonyl (C=O) groups is 1. The maximum atomic E-state index is 11.9. The first-order valence-electron chi connectivity index (χ1n) is 9.24. The van der Waals surface area contributed by atoms with Gasteiger partial charge in [0.15, 0.2) is 6.61 Å². The summed E-state index contributed by atoms with van der Waals surface area (Å²) in [6.45, 7) is 0.435. The van der Waals surface area contributed by atoms with Crippen molar-refractivity contribution in [1.29, 1.82) is 0 Å². The van der Waals surface area contributed by atoms with Crippen LogP contribution in [0.15, 0.2) is 85.2 Å². The van der Waals surface area contributed by atoms with E-state index in [1.807, 2.05) is 65.3 Å². The molecule has 0 radical (unpaired) electrons. The summed E-state index contributed by atoms with van der Waals surface area (Å²) in [6.07, 6.45) is 3.72. The molecular formula is C23H20N2O4. The molecule has 0 saturated heterocycles. The van der Waals surface area contributed by atoms with E-state index in [9.17, 15) is 4.79 Å². The van der Waals surface area contributed by atoms with E-state index in [2.05, 4.69) is 4.98 Å². The van der Waals surface area contributed by atoms with E-state index in [1.54, 1.807) is 24.3 Å². The number of hydrogen-bond donors (Lipinski definition) is 0. The van der Waals surface area contributed by atoms with Crippen molar-refractivity contribution in [3.63, 3.8) is 0 Å². The van der Waals surface area contributed by atoms with E-state index in [0.717, 1.165) is 17.0 Å². The number of pyridine rings is 1. The number of carbonyl (C=O) groups excluding carboxylic acids is 1. The van der Waals surface area contributed by atoms with Crippen LogP contribution in [0.2, 0.25) is 0 Å². The predicted octanol–water partition coefficient (Wildman–Crippen LogP) is 4.04. The Labute approximate surface area is 168 Å². The van der Waals surface area contributed by atoms with Crippen LogP contribution in [0.4, 0.5) is 0 Å². The second-order valence-corrected chi connectivity index (χ2v) is 6.39. The third-order valence-electron chi connectivity index (χ3n) is 4.22. The van der Waals surface area contributed by atoms with Crippen molar-refractivity contribution in [1.82, 2.24) is 9.38 Å². The molecule has 0 N–H and O–H groups in total. The molecular weight excluding hydrogens is 368 g/mol. The Morgan fingerprint density at radius 3 is 2.31 bits per heavy atom. The van der Waals surface area contributed by atoms with Crippen LogP contribution >= 0.6 is 0 Å². The fourth-order valence-electron chi connectivity index (χ4n) is 2.77. The van der Waals surface area contributed by atoms with E-state index in [0.29, 0.717) is 18.1 Å². The molecule has 0 atom stereocenters. The van der Waals surface area contributed by atoms with Crippen LogP contribution in [-0.4, -0.2) is 22.0 Å². The van der Waals surface area contributed by atoms with Gasteiger partial charge < -0.3 is 18.6 Å². The minimum absolute atomic E-state index is 0.107. The first-order valence-corrected chi connectivity index (χ1v) is 9.24. The van der Waals surface area contributed by atoms with Crippen LogP contribution < -0.4 is 9.47 Å². The minimum atomic E-state index is -0.452. The largest absolute Gasteiger partial charge is 0.489 e. The number of imidazole rings is 1. The molecule has 4 aromatic rings. The first kappa shape index (κ1) is 18.6. The van der Waals surface area contributed by atoms with Gasteiger partial charge in [0, 0.05) is 12.4 Å². The molecule has 0 bridgehead atoms. The SMILES string of the molecule is O=C(COc1ccc(OCc2ccccc2)cc1)OCc1cn2ccccc2n1. The Balaban J connectivity index is 1.21. The Morgan fingerprint density at radius 2 is 1.55 bits per heavy atom. The smallest absolute Gasteiger partial charge is 0.344 e. The average molecular weight is 388 g/mol. The third-order valence-corrected chi connectivity index (χ3v) is 4.22. The Bertz CT molecular complexity index is 1040. The number of nitrogens with zero attached hydrogens (tertiary/aromatic N) is 2. The number of benzene rings is 2. The molecule has 2 aromatic heterocycles. The van der Waals surface area contributed by atoms with Crippen LogP contribution in [0, 0.1) is 0 Å². The first-order chi connectivity index (χ1) is 14.3. The highest BCUT2D eigenvalue weighted by Crippen LogP contribution is 2.18. The summed E-state index contributed by atoms with van der Waals surface area (Å²) in [4.78, 5) is 16.3. The molecule has 4 rings (SSSR count). The van der Waals surface area contributed by atoms with Crippen LogP contribution in [-0.2, 0) is 22.7 Å². The van der Waals surface area contributed by atoms with Crippen molar-refractivity contribution in [2.45, 2.75) is 13.2 Å². The van der Waals surface area contributed by atoms with Gasteiger partial charge in [-0.1, -0.05) is 36.4 Å². The van der Waals surface area contributed by atoms with Crippen molar-refractivity contribution in [3.05, 3.63) is 96.4 Å². The Hall–Kier alpha value is -3.80. The lowest BCUT2D eigenvalue weighted by molar-refractivity contribution is -0.147. The molecule has 146 valence electrons. The van der Waals surface area contributed by atoms with Gasteiger partial charge in [-0.3, -0.25) is 0 Å². The van der Waals surface area contributed by atoms with E-state index in [-0.39, 0.29) is 13.2 Å². The Morgan fingerprint density at radius 1 is 0.828 bits per heavy atom. The summed E-state index contributed by atoms with van der Waals surface area (Å²) in [6, 6.07) is 22.8. The summed E-state index contributed by atoms with van der Waals surface area (Å²) in [5.74, 6) is 0.851. The fourth-order valence-corrected chi connectivity index (χ4v) is 2.77. The molecule has 0 saturated carbocycles. The summed E-state index contributed by atoms with van der Waals surface area (Å²) in [5, 5.41) is 0. The van der Waals surface area contributed by atoms with Crippen molar-refractivity contribution in [2.24, 2.45) is 0 Å². The van der Waals surface area contributed by atoms with Gasteiger partial charge in [-0.2, -0.15) is 0 Å². The normalized spacial score (nSPS) is 10.6. The molecule has 0 aliphatic carbocycles. The van der Waals surface area contributed by atoms with E-state index < -0.39 is 5.97 Å². The molecule has 0 spiro atoms. The van der Waals surface area contributed by atoms with Crippen molar-refractivity contribution >= 4 is 11.6 Å². The van der Waals surface area contributed by atoms with Gasteiger partial charge in [0.1, 0.15) is 30.4 Å². The molecule has 0 amide bonds. The molecule has 6 nitrogen and oxygen atoms in total. The molecule has 29 heavy (non-hydrogen) atoms. The molecule has 0 fully saturated rings. The third kappa shape index (κ3) is 5.13. The van der Waals surface area contributed by atoms with Gasteiger partial charge in [-0.15, -0.1) is 0 Å². The monoisotopic (exact) mass is 388 g/mol. The summed E-state index contributed by atoms with van der Waals surface area (Å²) >= 11 is 0. The summed E-state index contributed by atoms with van der Waals surface area (Å²) in [7, 11) is 0. The molecule has 0 aliphatic rings. The van der Waals surface area contributed by atoms with Gasteiger partial charge in [0.25, 0.3) is 0 Å². The number of rotatable bonds is 8. The zero-order valence-corrected chi connectivity index (χ0v) is 15.7. The number of ether oxygens (including phenoxy) is 3. The second-order valence-electron chi connectivity index (χ2n) is 6.39. The van der Waals surface area contributed by atoms with Crippen LogP contribution in [0.5, 0.6) is 11.5 Å². The van der Waals surface area contributed by atoms with Gasteiger partial charge in [0.05, 0.1) is 5.69 Å². The molecule has 6 heteroatoms. The van der Waals surface area contributed by atoms with Gasteiger partial charge in [-0.05, 0) is 42.0 Å². The number of aromatic nitrogens is 2. The van der Waals surface area contributed by atoms with Crippen molar-refractivity contribution in [2.75, 3.05) is 6.61 Å². The maximum absolute atomic E-state index is 11.9. The summed E-state index contributed by atoms with van der Waals surface area (Å²) in [5.41, 5.74) is 2.59. The molecule has 0 aliphatic heterocycles. The lowest BCUT2D eigenvalue weighted by Crippen LogP contribution is -2.14. The molecule has 2 heterocycles. The standard InChI is InChI=1S/C23H20N2O4/c26-23(29-16-19-14-25-13-5-4-8-22(25)24-19)17-28-21-11-9-20(10-12-21)27-15-18-6-2-1-3-7-18/h1-14H,15-17H2. The minimum Gasteiger partial charge on any atom is -0.489 e. The lowest BCUT2D eigenvalue weighted by Gasteiger charge is -2.09. The van der Waals surface area contributed by atoms with Crippen LogP contribution in [0.25, 0.3) is 5.65 Å². The van der Waals surface area contributed by atoms with E-state index in [1.165, 1.54) is 0 Å². The van der Waals surface area contributed by atoms with Crippen LogP contribution in [0.3, 0.4) is 0 Å². The van der Waals surface area contributed by atoms with Gasteiger partial charge >= 0.3 is 5.97 Å². The van der Waals surface area contributed by atoms with Gasteiger partial charge in [-0.25, -0.2) is 9.78 Å². The maximum Gasteiger partial charge on any atom is 0.344 e. The highest BCUT2D eigenvalue weighted by atomic mass is 16.6. The quantitative estimate of drug-likeness (QED) is 0.427. The zero-order valence-electron chi connectivity index (χ0n) is 15.7. The van der Waals surface area contributed by atoms with Crippen molar-refractivity contribution < 1.29 is 19.0 Å². The number of fused-ring (bicyclic) bond motifs is 1. The van der Waals surface area contributed by atoms with E-state index >= 15 is 0 Å². The molecule has 0 unspecified atom stereocenters. The highest BCUT2D eigenvalue weighted by Gasteiger charge is 2.08. The zero-order chi connectivity index (χ0) is 19.9. The average Bonchev–Trinajstić information content (AvgIpc) is 3.19. The highest BCUT2D eigenvalue weighted by molar-refractivity contribution is 5.71. The van der Waals surface area contributed by atoms with Crippen LogP contribution in [0.1, 0.15) is 11.3 Å². The molecule has 2 aromatic carbocycles. The lowest BCUT2D eigenvalue weighted by atomic mass is 10.2. The number of hydrogen-bond acceptors (Lipinski definition) is 5. The van der Waals surface area contributed by atoms with E-state index in [4.69, 9.17) is 14.2 Å². The second kappa shape index (κ2) is 8.93. The summed E-state index contributed by atoms with van der Waals surface area (Å²) < 4.78 is 18.3. The van der Waals surface area contributed by atoms with Gasteiger partial charge in [0.2, 0.25) is 0 Å². The topological polar surface area (TPSA) is 62.1 Å².